The van der Waals surface area contributed by atoms with Crippen LogP contribution in [0.1, 0.15) is 21.5 Å². The fraction of sp³-hybridized carbons (Fsp3) is 0.111. The highest BCUT2D eigenvalue weighted by atomic mass is 16.6. The van der Waals surface area contributed by atoms with Crippen LogP contribution in [0.15, 0.2) is 53.9 Å². The molecule has 0 bridgehead atoms. The number of carbonyl (C=O) groups excluding carboxylic acids is 1. The van der Waals surface area contributed by atoms with Gasteiger partial charge in [0.1, 0.15) is 11.3 Å². The Morgan fingerprint density at radius 3 is 2.68 bits per heavy atom. The number of ether oxygens (including phenoxy) is 1. The Labute approximate surface area is 174 Å². The van der Waals surface area contributed by atoms with Gasteiger partial charge in [-0.2, -0.15) is 9.78 Å². The molecule has 0 saturated heterocycles. The number of benzene rings is 2. The van der Waals surface area contributed by atoms with Crippen LogP contribution in [0.5, 0.6) is 5.75 Å². The number of amides is 1. The number of hydrogen-bond acceptors (Lipinski definition) is 9. The fourth-order valence-electron chi connectivity index (χ4n) is 2.67. The van der Waals surface area contributed by atoms with Crippen LogP contribution >= 0.6 is 0 Å². The van der Waals surface area contributed by atoms with Crippen molar-refractivity contribution in [2.45, 2.75) is 6.54 Å². The van der Waals surface area contributed by atoms with Crippen molar-refractivity contribution in [3.05, 3.63) is 85.7 Å². The molecule has 13 nitrogen and oxygen atoms in total. The monoisotopic (exact) mass is 425 g/mol. The minimum atomic E-state index is -0.729. The molecule has 1 aromatic heterocycles. The molecule has 0 radical (unpaired) electrons. The van der Waals surface area contributed by atoms with Gasteiger partial charge in [0, 0.05) is 16.7 Å². The van der Waals surface area contributed by atoms with E-state index in [9.17, 15) is 25.0 Å². The Morgan fingerprint density at radius 2 is 2.00 bits per heavy atom. The first-order valence-corrected chi connectivity index (χ1v) is 8.66. The number of methoxy groups -OCH3 is 1. The number of nitro benzene ring substituents is 1. The normalized spacial score (nSPS) is 10.7. The predicted octanol–water partition coefficient (Wildman–Crippen LogP) is 1.92. The Kier molecular flexibility index (Phi) is 6.25. The van der Waals surface area contributed by atoms with Gasteiger partial charge in [0.25, 0.3) is 11.6 Å². The molecule has 3 aromatic rings. The number of nitro groups is 2. The van der Waals surface area contributed by atoms with Gasteiger partial charge in [-0.25, -0.2) is 5.43 Å². The number of nitrogens with zero attached hydrogens (tertiary/aromatic N) is 6. The third-order valence-corrected chi connectivity index (χ3v) is 4.05. The molecule has 0 aliphatic heterocycles. The van der Waals surface area contributed by atoms with Crippen LogP contribution < -0.4 is 10.2 Å². The maximum absolute atomic E-state index is 12.2. The molecule has 1 N–H and O–H groups in total. The van der Waals surface area contributed by atoms with E-state index in [1.54, 1.807) is 18.2 Å². The van der Waals surface area contributed by atoms with E-state index in [1.165, 1.54) is 48.6 Å². The molecular weight excluding hydrogens is 410 g/mol. The van der Waals surface area contributed by atoms with Crippen LogP contribution in [-0.2, 0) is 6.54 Å². The lowest BCUT2D eigenvalue weighted by Gasteiger charge is -2.08. The van der Waals surface area contributed by atoms with Crippen molar-refractivity contribution in [3.8, 4) is 5.75 Å². The smallest absolute Gasteiger partial charge is 0.490 e. The quantitative estimate of drug-likeness (QED) is 0.324. The maximum Gasteiger partial charge on any atom is 0.490 e. The number of para-hydroxylation sites is 1. The van der Waals surface area contributed by atoms with Crippen molar-refractivity contribution in [1.82, 2.24) is 20.2 Å². The van der Waals surface area contributed by atoms with Crippen LogP contribution in [-0.4, -0.2) is 43.8 Å². The molecule has 13 heteroatoms. The van der Waals surface area contributed by atoms with Gasteiger partial charge >= 0.3 is 5.95 Å². The third-order valence-electron chi connectivity index (χ3n) is 4.05. The summed E-state index contributed by atoms with van der Waals surface area (Å²) in [6.45, 7) is 0.147. The number of hydrogen-bond donors (Lipinski definition) is 1. The molecule has 1 amide bonds. The van der Waals surface area contributed by atoms with Crippen molar-refractivity contribution in [1.29, 1.82) is 0 Å². The molecular formula is C18H15N7O6. The summed E-state index contributed by atoms with van der Waals surface area (Å²) in [5, 5.41) is 29.4. The van der Waals surface area contributed by atoms with E-state index in [-0.39, 0.29) is 17.8 Å². The van der Waals surface area contributed by atoms with Crippen LogP contribution in [0.2, 0.25) is 0 Å². The van der Waals surface area contributed by atoms with E-state index in [0.717, 1.165) is 0 Å². The van der Waals surface area contributed by atoms with E-state index in [2.05, 4.69) is 20.6 Å². The number of rotatable bonds is 8. The highest BCUT2D eigenvalue weighted by Gasteiger charge is 2.18. The first-order valence-electron chi connectivity index (χ1n) is 8.66. The number of hydrazone groups is 1. The van der Waals surface area contributed by atoms with Crippen molar-refractivity contribution < 1.29 is 19.4 Å². The second kappa shape index (κ2) is 9.21. The second-order valence-corrected chi connectivity index (χ2v) is 6.04. The highest BCUT2D eigenvalue weighted by molar-refractivity contribution is 5.98. The Morgan fingerprint density at radius 1 is 1.23 bits per heavy atom. The lowest BCUT2D eigenvalue weighted by atomic mass is 10.1. The van der Waals surface area contributed by atoms with Gasteiger partial charge in [0.05, 0.1) is 24.8 Å². The molecule has 0 saturated carbocycles. The molecule has 0 spiro atoms. The van der Waals surface area contributed by atoms with Gasteiger partial charge in [-0.05, 0) is 34.8 Å². The minimum absolute atomic E-state index is 0.118. The largest absolute Gasteiger partial charge is 0.496 e. The average molecular weight is 425 g/mol. The summed E-state index contributed by atoms with van der Waals surface area (Å²) in [6.07, 6.45) is 2.57. The van der Waals surface area contributed by atoms with Gasteiger partial charge < -0.3 is 14.9 Å². The molecule has 0 unspecified atom stereocenters. The number of carbonyl (C=O) groups is 1. The van der Waals surface area contributed by atoms with E-state index in [1.807, 2.05) is 0 Å². The topological polar surface area (TPSA) is 168 Å². The highest BCUT2D eigenvalue weighted by Crippen LogP contribution is 2.21. The van der Waals surface area contributed by atoms with E-state index >= 15 is 0 Å². The summed E-state index contributed by atoms with van der Waals surface area (Å²) in [6, 6.07) is 10.5. The molecule has 158 valence electrons. The first kappa shape index (κ1) is 21.0. The average Bonchev–Trinajstić information content (AvgIpc) is 3.23. The number of aromatic nitrogens is 3. The molecule has 0 aliphatic rings. The van der Waals surface area contributed by atoms with E-state index in [4.69, 9.17) is 4.74 Å². The van der Waals surface area contributed by atoms with Crippen LogP contribution in [0.25, 0.3) is 0 Å². The first-order chi connectivity index (χ1) is 14.9. The summed E-state index contributed by atoms with van der Waals surface area (Å²) < 4.78 is 6.57. The Hall–Kier alpha value is -4.68. The Balaban J connectivity index is 1.75. The Bertz CT molecular complexity index is 1170. The van der Waals surface area contributed by atoms with Gasteiger partial charge in [-0.3, -0.25) is 14.9 Å². The van der Waals surface area contributed by atoms with Crippen molar-refractivity contribution >= 4 is 23.8 Å². The van der Waals surface area contributed by atoms with Gasteiger partial charge in [-0.1, -0.05) is 17.1 Å². The summed E-state index contributed by atoms with van der Waals surface area (Å²) in [7, 11) is 1.48. The number of nitrogens with one attached hydrogen (secondary N) is 1. The zero-order chi connectivity index (χ0) is 22.4. The SMILES string of the molecule is COc1ccc(/C=N/NC(=O)c2ccccc2[N+](=O)[O-])cc1Cn1cnc([N+](=O)[O-])n1. The summed E-state index contributed by atoms with van der Waals surface area (Å²) in [5.41, 5.74) is 3.01. The fourth-order valence-corrected chi connectivity index (χ4v) is 2.67. The van der Waals surface area contributed by atoms with Gasteiger partial charge in [0.2, 0.25) is 6.33 Å². The van der Waals surface area contributed by atoms with Crippen molar-refractivity contribution in [2.24, 2.45) is 5.10 Å². The summed E-state index contributed by atoms with van der Waals surface area (Å²) >= 11 is 0. The standard InChI is InChI=1S/C18H15N7O6/c1-31-16-7-6-12(8-13(16)10-23-11-19-18(22-23)25(29)30)9-20-21-17(26)14-4-2-3-5-15(14)24(27)28/h2-9,11H,10H2,1H3,(H,21,26)/b20-9+. The van der Waals surface area contributed by atoms with Crippen LogP contribution in [0.3, 0.4) is 0 Å². The maximum atomic E-state index is 12.2. The van der Waals surface area contributed by atoms with Crippen molar-refractivity contribution in [2.75, 3.05) is 7.11 Å². The third kappa shape index (κ3) is 5.03. The molecule has 31 heavy (non-hydrogen) atoms. The van der Waals surface area contributed by atoms with Crippen LogP contribution in [0, 0.1) is 20.2 Å². The molecule has 1 heterocycles. The zero-order valence-corrected chi connectivity index (χ0v) is 16.0. The predicted molar refractivity (Wildman–Crippen MR) is 107 cm³/mol. The van der Waals surface area contributed by atoms with Crippen LogP contribution in [0.4, 0.5) is 11.6 Å². The summed E-state index contributed by atoms with van der Waals surface area (Å²) in [4.78, 5) is 36.2. The minimum Gasteiger partial charge on any atom is -0.496 e. The lowest BCUT2D eigenvalue weighted by molar-refractivity contribution is -0.394. The molecule has 0 fully saturated rings. The van der Waals surface area contributed by atoms with Gasteiger partial charge in [0.15, 0.2) is 0 Å². The van der Waals surface area contributed by atoms with Gasteiger partial charge in [-0.15, -0.1) is 0 Å². The second-order valence-electron chi connectivity index (χ2n) is 6.04. The molecule has 3 rings (SSSR count). The molecule has 0 aliphatic carbocycles. The zero-order valence-electron chi connectivity index (χ0n) is 16.0. The van der Waals surface area contributed by atoms with Crippen molar-refractivity contribution in [3.63, 3.8) is 0 Å². The lowest BCUT2D eigenvalue weighted by Crippen LogP contribution is -2.19. The molecule has 0 atom stereocenters. The summed E-state index contributed by atoms with van der Waals surface area (Å²) in [5.74, 6) is -0.735. The van der Waals surface area contributed by atoms with E-state index in [0.29, 0.717) is 16.9 Å². The molecule has 2 aromatic carbocycles. The van der Waals surface area contributed by atoms with E-state index < -0.39 is 21.7 Å².